The van der Waals surface area contributed by atoms with E-state index >= 15 is 0 Å². The third-order valence-corrected chi connectivity index (χ3v) is 4.46. The van der Waals surface area contributed by atoms with Gasteiger partial charge in [-0.15, -0.1) is 0 Å². The molecule has 0 aromatic heterocycles. The first-order valence-electron chi connectivity index (χ1n) is 5.83. The summed E-state index contributed by atoms with van der Waals surface area (Å²) in [5.41, 5.74) is -1.62. The summed E-state index contributed by atoms with van der Waals surface area (Å²) in [5.74, 6) is -2.38. The molecule has 1 heterocycles. The molecule has 22 heavy (non-hydrogen) atoms. The minimum atomic E-state index is -5.09. The van der Waals surface area contributed by atoms with Gasteiger partial charge in [0.25, 0.3) is 0 Å². The van der Waals surface area contributed by atoms with Crippen LogP contribution in [0.5, 0.6) is 5.75 Å². The van der Waals surface area contributed by atoms with E-state index in [1.165, 1.54) is 18.2 Å². The van der Waals surface area contributed by atoms with Crippen molar-refractivity contribution in [2.45, 2.75) is 12.3 Å². The fourth-order valence-electron chi connectivity index (χ4n) is 2.04. The second kappa shape index (κ2) is 5.29. The van der Waals surface area contributed by atoms with Crippen molar-refractivity contribution in [2.24, 2.45) is 0 Å². The summed E-state index contributed by atoms with van der Waals surface area (Å²) in [4.78, 5) is 10.3. The number of carbonyl (C=O) groups is 1. The zero-order valence-electron chi connectivity index (χ0n) is 11.0. The van der Waals surface area contributed by atoms with Gasteiger partial charge in [-0.05, 0) is 19.2 Å². The normalized spacial score (nSPS) is 18.6. The van der Waals surface area contributed by atoms with Crippen LogP contribution in [0.2, 0.25) is 0 Å². The third-order valence-electron chi connectivity index (χ3n) is 2.95. The Kier molecular flexibility index (Phi) is 3.92. The molecule has 1 atom stereocenters. The summed E-state index contributed by atoms with van der Waals surface area (Å²) in [6.45, 7) is 0. The Morgan fingerprint density at radius 3 is 2.41 bits per heavy atom. The van der Waals surface area contributed by atoms with Gasteiger partial charge in [0.1, 0.15) is 16.2 Å². The van der Waals surface area contributed by atoms with Crippen LogP contribution in [0.3, 0.4) is 0 Å². The number of hydrogen-bond donors (Lipinski definition) is 2. The zero-order valence-corrected chi connectivity index (χ0v) is 11.8. The molecular weight excluding hydrogens is 327 g/mol. The maximum atomic E-state index is 13.1. The lowest BCUT2D eigenvalue weighted by molar-refractivity contribution is -0.187. The molecule has 2 rings (SSSR count). The molecule has 1 aromatic carbocycles. The highest BCUT2D eigenvalue weighted by Gasteiger charge is 2.52. The van der Waals surface area contributed by atoms with E-state index in [0.29, 0.717) is 0 Å². The first kappa shape index (κ1) is 16.3. The molecule has 0 bridgehead atoms. The molecule has 1 aromatic rings. The molecule has 1 unspecified atom stereocenters. The average Bonchev–Trinajstić information content (AvgIpc) is 2.43. The predicted octanol–water partition coefficient (Wildman–Crippen LogP) is 1.35. The van der Waals surface area contributed by atoms with Gasteiger partial charge in [-0.1, -0.05) is 12.1 Å². The van der Waals surface area contributed by atoms with Crippen molar-refractivity contribution in [2.75, 3.05) is 7.05 Å². The number of fused-ring (bicyclic) bond motifs is 1. The lowest BCUT2D eigenvalue weighted by Gasteiger charge is -2.30. The first-order chi connectivity index (χ1) is 10.1. The van der Waals surface area contributed by atoms with Gasteiger partial charge in [0, 0.05) is 5.56 Å². The molecule has 0 saturated heterocycles. The van der Waals surface area contributed by atoms with Gasteiger partial charge in [0.05, 0.1) is 0 Å². The first-order valence-corrected chi connectivity index (χ1v) is 7.31. The van der Waals surface area contributed by atoms with Crippen molar-refractivity contribution in [1.82, 2.24) is 4.72 Å². The zero-order chi connectivity index (χ0) is 16.7. The smallest absolute Gasteiger partial charge is 0.430 e. The Balaban J connectivity index is 2.89. The Hall–Kier alpha value is -2.07. The molecule has 0 spiro atoms. The molecule has 0 fully saturated rings. The number of halogens is 3. The molecule has 0 radical (unpaired) electrons. The molecule has 0 amide bonds. The van der Waals surface area contributed by atoms with Crippen molar-refractivity contribution >= 4 is 20.9 Å². The van der Waals surface area contributed by atoms with Gasteiger partial charge >= 0.3 is 12.1 Å². The molecule has 120 valence electrons. The van der Waals surface area contributed by atoms with Crippen LogP contribution in [0.15, 0.2) is 29.8 Å². The molecule has 1 aliphatic rings. The molecule has 6 nitrogen and oxygen atoms in total. The maximum Gasteiger partial charge on any atom is 0.430 e. The Bertz CT molecular complexity index is 754. The molecule has 0 saturated carbocycles. The number of para-hydroxylation sites is 1. The second-order valence-corrected chi connectivity index (χ2v) is 6.11. The lowest BCUT2D eigenvalue weighted by atomic mass is 10.0. The lowest BCUT2D eigenvalue weighted by Crippen LogP contribution is -2.43. The highest BCUT2D eigenvalue weighted by atomic mass is 32.2. The van der Waals surface area contributed by atoms with Crippen LogP contribution in [0.4, 0.5) is 13.2 Å². The second-order valence-electron chi connectivity index (χ2n) is 4.29. The van der Waals surface area contributed by atoms with Crippen LogP contribution in [0.1, 0.15) is 5.56 Å². The van der Waals surface area contributed by atoms with Crippen molar-refractivity contribution in [3.8, 4) is 5.75 Å². The molecule has 10 heteroatoms. The van der Waals surface area contributed by atoms with E-state index in [1.807, 2.05) is 4.72 Å². The van der Waals surface area contributed by atoms with Crippen molar-refractivity contribution in [3.63, 3.8) is 0 Å². The van der Waals surface area contributed by atoms with Crippen molar-refractivity contribution < 1.29 is 36.2 Å². The van der Waals surface area contributed by atoms with Crippen LogP contribution in [0.25, 0.3) is 4.91 Å². The van der Waals surface area contributed by atoms with Gasteiger partial charge in [-0.3, -0.25) is 0 Å². The number of benzene rings is 1. The Morgan fingerprint density at radius 2 is 1.91 bits per heavy atom. The van der Waals surface area contributed by atoms with E-state index < -0.39 is 38.8 Å². The van der Waals surface area contributed by atoms with E-state index in [2.05, 4.69) is 4.74 Å². The van der Waals surface area contributed by atoms with Gasteiger partial charge in [0.2, 0.25) is 16.1 Å². The van der Waals surface area contributed by atoms with Gasteiger partial charge in [-0.25, -0.2) is 17.9 Å². The number of alkyl halides is 3. The number of carboxylic acid groups (broad SMARTS) is 1. The number of aliphatic carboxylic acids is 1. The summed E-state index contributed by atoms with van der Waals surface area (Å²) in [5, 5.41) is 9.10. The molecule has 1 aliphatic heterocycles. The third kappa shape index (κ3) is 2.66. The van der Waals surface area contributed by atoms with Crippen LogP contribution >= 0.6 is 0 Å². The van der Waals surface area contributed by atoms with E-state index in [0.717, 1.165) is 13.1 Å². The highest BCUT2D eigenvalue weighted by molar-refractivity contribution is 7.98. The largest absolute Gasteiger partial charge is 0.478 e. The molecule has 0 aliphatic carbocycles. The van der Waals surface area contributed by atoms with Gasteiger partial charge in [0.15, 0.2) is 0 Å². The van der Waals surface area contributed by atoms with E-state index in [1.54, 1.807) is 0 Å². The summed E-state index contributed by atoms with van der Waals surface area (Å²) in [7, 11) is -3.48. The van der Waals surface area contributed by atoms with Crippen molar-refractivity contribution in [3.05, 3.63) is 35.4 Å². The van der Waals surface area contributed by atoms with E-state index in [-0.39, 0.29) is 11.3 Å². The monoisotopic (exact) mass is 337 g/mol. The topological polar surface area (TPSA) is 92.7 Å². The van der Waals surface area contributed by atoms with Crippen LogP contribution < -0.4 is 9.46 Å². The average molecular weight is 337 g/mol. The number of rotatable bonds is 3. The van der Waals surface area contributed by atoms with E-state index in [4.69, 9.17) is 5.11 Å². The summed E-state index contributed by atoms with van der Waals surface area (Å²) in [6, 6.07) is 5.02. The van der Waals surface area contributed by atoms with Crippen LogP contribution in [-0.4, -0.2) is 38.8 Å². The number of carboxylic acids is 1. The van der Waals surface area contributed by atoms with Gasteiger partial charge in [-0.2, -0.15) is 13.2 Å². The summed E-state index contributed by atoms with van der Waals surface area (Å²) in [6.07, 6.45) is -7.96. The number of hydrogen-bond acceptors (Lipinski definition) is 4. The maximum absolute atomic E-state index is 13.1. The Labute approximate surface area is 123 Å². The SMILES string of the molecule is CNS(=O)(=O)C1=C(C(=O)O)C(C(F)(F)F)Oc2ccccc21. The fraction of sp³-hybridized carbons (Fsp3) is 0.250. The summed E-state index contributed by atoms with van der Waals surface area (Å²) < 4.78 is 69.8. The minimum Gasteiger partial charge on any atom is -0.478 e. The standard InChI is InChI=1S/C12H10F3NO5S/c1-16-22(19,20)9-6-4-2-3-5-7(6)21-10(12(13,14)15)8(9)11(17)18/h2-5,10,16H,1H3,(H,17,18). The van der Waals surface area contributed by atoms with Crippen LogP contribution in [-0.2, 0) is 14.8 Å². The summed E-state index contributed by atoms with van der Waals surface area (Å²) >= 11 is 0. The molecular formula is C12H10F3NO5S. The Morgan fingerprint density at radius 1 is 1.32 bits per heavy atom. The van der Waals surface area contributed by atoms with Crippen LogP contribution in [0, 0.1) is 0 Å². The van der Waals surface area contributed by atoms with Crippen molar-refractivity contribution in [1.29, 1.82) is 0 Å². The quantitative estimate of drug-likeness (QED) is 0.869. The number of sulfonamides is 1. The van der Waals surface area contributed by atoms with E-state index in [9.17, 15) is 26.4 Å². The molecule has 2 N–H and O–H groups in total. The van der Waals surface area contributed by atoms with Gasteiger partial charge < -0.3 is 9.84 Å². The fourth-order valence-corrected chi connectivity index (χ4v) is 3.18. The number of nitrogens with one attached hydrogen (secondary N) is 1. The predicted molar refractivity (Wildman–Crippen MR) is 69.4 cm³/mol. The highest BCUT2D eigenvalue weighted by Crippen LogP contribution is 2.43. The minimum absolute atomic E-state index is 0.241. The number of ether oxygens (including phenoxy) is 1.